The van der Waals surface area contributed by atoms with Crippen molar-refractivity contribution in [2.24, 2.45) is 5.92 Å². The number of benzene rings is 1. The Balaban J connectivity index is 1.32. The van der Waals surface area contributed by atoms with Crippen LogP contribution in [0.15, 0.2) is 65.6 Å². The highest BCUT2D eigenvalue weighted by molar-refractivity contribution is 5.37. The summed E-state index contributed by atoms with van der Waals surface area (Å²) in [7, 11) is 0. The molecule has 0 N–H and O–H groups in total. The van der Waals surface area contributed by atoms with Crippen LogP contribution in [-0.4, -0.2) is 27.4 Å². The van der Waals surface area contributed by atoms with Gasteiger partial charge in [0.25, 0.3) is 5.56 Å². The highest BCUT2D eigenvalue weighted by Gasteiger charge is 2.19. The van der Waals surface area contributed by atoms with Crippen LogP contribution in [0.25, 0.3) is 5.65 Å². The molecule has 1 aliphatic heterocycles. The molecule has 0 unspecified atom stereocenters. The summed E-state index contributed by atoms with van der Waals surface area (Å²) in [5.41, 5.74) is 3.05. The first-order valence-electron chi connectivity index (χ1n) is 9.51. The van der Waals surface area contributed by atoms with E-state index in [1.54, 1.807) is 16.7 Å². The lowest BCUT2D eigenvalue weighted by molar-refractivity contribution is 0.171. The maximum absolute atomic E-state index is 12.2. The number of nitrogens with zero attached hydrogens (tertiary/aromatic N) is 3. The number of aromatic nitrogens is 2. The van der Waals surface area contributed by atoms with Crippen molar-refractivity contribution in [3.05, 3.63) is 82.4 Å². The van der Waals surface area contributed by atoms with E-state index < -0.39 is 0 Å². The summed E-state index contributed by atoms with van der Waals surface area (Å²) in [6.07, 6.45) is 6.69. The quantitative estimate of drug-likeness (QED) is 0.708. The average molecular weight is 347 g/mol. The molecule has 0 bridgehead atoms. The summed E-state index contributed by atoms with van der Waals surface area (Å²) < 4.78 is 1.60. The number of hydrogen-bond acceptors (Lipinski definition) is 3. The van der Waals surface area contributed by atoms with E-state index in [0.717, 1.165) is 36.9 Å². The second kappa shape index (κ2) is 7.83. The zero-order valence-corrected chi connectivity index (χ0v) is 15.1. The van der Waals surface area contributed by atoms with Crippen LogP contribution in [-0.2, 0) is 13.0 Å². The van der Waals surface area contributed by atoms with Gasteiger partial charge in [-0.15, -0.1) is 0 Å². The first-order chi connectivity index (χ1) is 12.8. The van der Waals surface area contributed by atoms with Gasteiger partial charge in [-0.05, 0) is 62.4 Å². The molecule has 0 atom stereocenters. The Bertz CT molecular complexity index is 911. The van der Waals surface area contributed by atoms with Gasteiger partial charge in [0, 0.05) is 18.8 Å². The predicted molar refractivity (Wildman–Crippen MR) is 104 cm³/mol. The molecule has 3 aromatic rings. The number of rotatable bonds is 5. The summed E-state index contributed by atoms with van der Waals surface area (Å²) in [6.45, 7) is 2.95. The number of hydrogen-bond donors (Lipinski definition) is 0. The third kappa shape index (κ3) is 4.02. The minimum atomic E-state index is 0.00310. The molecule has 1 aliphatic rings. The summed E-state index contributed by atoms with van der Waals surface area (Å²) in [5.74, 6) is 0.807. The molecule has 4 nitrogen and oxygen atoms in total. The van der Waals surface area contributed by atoms with Crippen LogP contribution in [0.2, 0.25) is 0 Å². The molecule has 0 radical (unpaired) electrons. The molecule has 26 heavy (non-hydrogen) atoms. The van der Waals surface area contributed by atoms with Gasteiger partial charge in [-0.1, -0.05) is 36.4 Å². The molecular weight excluding hydrogens is 322 g/mol. The van der Waals surface area contributed by atoms with E-state index in [-0.39, 0.29) is 5.56 Å². The van der Waals surface area contributed by atoms with Crippen molar-refractivity contribution in [3.63, 3.8) is 0 Å². The van der Waals surface area contributed by atoms with E-state index in [1.807, 2.05) is 18.2 Å². The number of pyridine rings is 1. The van der Waals surface area contributed by atoms with Gasteiger partial charge >= 0.3 is 0 Å². The predicted octanol–water partition coefficient (Wildman–Crippen LogP) is 3.54. The lowest BCUT2D eigenvalue weighted by Gasteiger charge is -2.31. The molecule has 1 fully saturated rings. The van der Waals surface area contributed by atoms with Crippen LogP contribution in [0.5, 0.6) is 0 Å². The van der Waals surface area contributed by atoms with Crippen LogP contribution < -0.4 is 5.56 Å². The first-order valence-corrected chi connectivity index (χ1v) is 9.51. The molecule has 0 amide bonds. The average Bonchev–Trinajstić information content (AvgIpc) is 2.68. The van der Waals surface area contributed by atoms with Gasteiger partial charge in [0.1, 0.15) is 5.65 Å². The topological polar surface area (TPSA) is 37.6 Å². The molecule has 4 heteroatoms. The molecule has 1 aromatic carbocycles. The smallest absolute Gasteiger partial charge is 0.258 e. The molecule has 1 saturated heterocycles. The van der Waals surface area contributed by atoms with Gasteiger partial charge in [0.15, 0.2) is 0 Å². The number of aryl methyl sites for hydroxylation is 1. The summed E-state index contributed by atoms with van der Waals surface area (Å²) >= 11 is 0. The Morgan fingerprint density at radius 1 is 1.00 bits per heavy atom. The highest BCUT2D eigenvalue weighted by atomic mass is 16.1. The largest absolute Gasteiger partial charge is 0.297 e. The van der Waals surface area contributed by atoms with Gasteiger partial charge in [0.05, 0.1) is 5.69 Å². The summed E-state index contributed by atoms with van der Waals surface area (Å²) in [4.78, 5) is 19.3. The Kier molecular flexibility index (Phi) is 5.12. The van der Waals surface area contributed by atoms with Gasteiger partial charge in [-0.3, -0.25) is 14.1 Å². The SMILES string of the molecule is O=c1cc(CN2CCC(CCc3ccccc3)CC2)nc2ccccn12. The number of fused-ring (bicyclic) bond motifs is 1. The zero-order chi connectivity index (χ0) is 17.8. The van der Waals surface area contributed by atoms with Crippen molar-refractivity contribution in [1.29, 1.82) is 0 Å². The third-order valence-corrected chi connectivity index (χ3v) is 5.40. The van der Waals surface area contributed by atoms with Crippen LogP contribution >= 0.6 is 0 Å². The van der Waals surface area contributed by atoms with Gasteiger partial charge in [-0.2, -0.15) is 0 Å². The molecule has 4 rings (SSSR count). The van der Waals surface area contributed by atoms with Crippen molar-refractivity contribution >= 4 is 5.65 Å². The van der Waals surface area contributed by atoms with Crippen molar-refractivity contribution < 1.29 is 0 Å². The Labute approximate surface area is 154 Å². The van der Waals surface area contributed by atoms with Crippen molar-refractivity contribution in [2.45, 2.75) is 32.2 Å². The van der Waals surface area contributed by atoms with Gasteiger partial charge < -0.3 is 0 Å². The molecule has 0 aliphatic carbocycles. The molecule has 3 heterocycles. The maximum Gasteiger partial charge on any atom is 0.258 e. The molecule has 0 spiro atoms. The standard InChI is InChI=1S/C22H25N3O/c26-22-16-20(23-21-8-4-5-13-25(21)22)17-24-14-11-19(12-15-24)10-9-18-6-2-1-3-7-18/h1-8,13,16,19H,9-12,14-15,17H2. The van der Waals surface area contributed by atoms with Crippen molar-refractivity contribution in [3.8, 4) is 0 Å². The molecule has 2 aromatic heterocycles. The van der Waals surface area contributed by atoms with Gasteiger partial charge in [-0.25, -0.2) is 4.98 Å². The fourth-order valence-corrected chi connectivity index (χ4v) is 3.86. The van der Waals surface area contributed by atoms with Crippen LogP contribution in [0.4, 0.5) is 0 Å². The second-order valence-corrected chi connectivity index (χ2v) is 7.26. The minimum absolute atomic E-state index is 0.00310. The van der Waals surface area contributed by atoms with E-state index in [2.05, 4.69) is 40.2 Å². The zero-order valence-electron chi connectivity index (χ0n) is 15.1. The fourth-order valence-electron chi connectivity index (χ4n) is 3.86. The van der Waals surface area contributed by atoms with E-state index in [4.69, 9.17) is 0 Å². The molecule has 134 valence electrons. The Morgan fingerprint density at radius 2 is 1.77 bits per heavy atom. The van der Waals surface area contributed by atoms with E-state index >= 15 is 0 Å². The van der Waals surface area contributed by atoms with E-state index in [9.17, 15) is 4.79 Å². The highest BCUT2D eigenvalue weighted by Crippen LogP contribution is 2.23. The fraction of sp³-hybridized carbons (Fsp3) is 0.364. The Morgan fingerprint density at radius 3 is 2.58 bits per heavy atom. The van der Waals surface area contributed by atoms with Crippen LogP contribution in [0, 0.1) is 5.92 Å². The minimum Gasteiger partial charge on any atom is -0.297 e. The first kappa shape index (κ1) is 17.0. The second-order valence-electron chi connectivity index (χ2n) is 7.26. The third-order valence-electron chi connectivity index (χ3n) is 5.40. The van der Waals surface area contributed by atoms with E-state index in [1.165, 1.54) is 31.2 Å². The number of likely N-dealkylation sites (tertiary alicyclic amines) is 1. The lowest BCUT2D eigenvalue weighted by atomic mass is 9.90. The van der Waals surface area contributed by atoms with Crippen molar-refractivity contribution in [1.82, 2.24) is 14.3 Å². The molecular formula is C22H25N3O. The lowest BCUT2D eigenvalue weighted by Crippen LogP contribution is -2.34. The number of piperidine rings is 1. The molecule has 0 saturated carbocycles. The Hall–Kier alpha value is -2.46. The maximum atomic E-state index is 12.2. The van der Waals surface area contributed by atoms with Crippen LogP contribution in [0.1, 0.15) is 30.5 Å². The van der Waals surface area contributed by atoms with Gasteiger partial charge in [0.2, 0.25) is 0 Å². The summed E-state index contributed by atoms with van der Waals surface area (Å²) in [6, 6.07) is 18.1. The summed E-state index contributed by atoms with van der Waals surface area (Å²) in [5, 5.41) is 0. The normalized spacial score (nSPS) is 16.2. The van der Waals surface area contributed by atoms with Crippen LogP contribution in [0.3, 0.4) is 0 Å². The monoisotopic (exact) mass is 347 g/mol. The van der Waals surface area contributed by atoms with Crippen molar-refractivity contribution in [2.75, 3.05) is 13.1 Å². The van der Waals surface area contributed by atoms with E-state index in [0.29, 0.717) is 0 Å².